The summed E-state index contributed by atoms with van der Waals surface area (Å²) in [6.45, 7) is 7.76. The molecule has 0 heterocycles. The first-order valence-electron chi connectivity index (χ1n) is 6.54. The summed E-state index contributed by atoms with van der Waals surface area (Å²) in [5.74, 6) is 0.988. The molecule has 0 bridgehead atoms. The predicted octanol–water partition coefficient (Wildman–Crippen LogP) is 3.23. The molecule has 0 saturated heterocycles. The number of thioether (sulfide) groups is 1. The van der Waals surface area contributed by atoms with Gasteiger partial charge in [0, 0.05) is 22.2 Å². The number of hydrogen-bond donors (Lipinski definition) is 1. The Bertz CT molecular complexity index is 332. The number of nitrogens with two attached hydrogens (primary N) is 1. The lowest BCUT2D eigenvalue weighted by atomic mass is 10.1. The van der Waals surface area contributed by atoms with Gasteiger partial charge in [-0.2, -0.15) is 0 Å². The highest BCUT2D eigenvalue weighted by Crippen LogP contribution is 2.18. The summed E-state index contributed by atoms with van der Waals surface area (Å²) in [6, 6.07) is 10.7. The van der Waals surface area contributed by atoms with Crippen molar-refractivity contribution in [3.63, 3.8) is 0 Å². The normalized spacial score (nSPS) is 13.9. The van der Waals surface area contributed by atoms with E-state index in [2.05, 4.69) is 57.0 Å². The van der Waals surface area contributed by atoms with Gasteiger partial charge in [0.1, 0.15) is 0 Å². The number of nitrogens with zero attached hydrogens (tertiary/aromatic N) is 1. The average molecular weight is 266 g/mol. The molecule has 0 unspecified atom stereocenters. The first-order valence-corrected chi connectivity index (χ1v) is 7.53. The van der Waals surface area contributed by atoms with Crippen LogP contribution in [0.3, 0.4) is 0 Å². The number of rotatable bonds is 6. The van der Waals surface area contributed by atoms with Crippen LogP contribution in [0.2, 0.25) is 0 Å². The van der Waals surface area contributed by atoms with Crippen molar-refractivity contribution in [3.05, 3.63) is 30.3 Å². The summed E-state index contributed by atoms with van der Waals surface area (Å²) >= 11 is 1.84. The third kappa shape index (κ3) is 5.89. The fraction of sp³-hybridized carbons (Fsp3) is 0.600. The maximum absolute atomic E-state index is 6.17. The first-order chi connectivity index (χ1) is 8.39. The Labute approximate surface area is 116 Å². The maximum Gasteiger partial charge on any atom is 0.0146 e. The highest BCUT2D eigenvalue weighted by Gasteiger charge is 2.17. The van der Waals surface area contributed by atoms with Crippen LogP contribution in [0.4, 0.5) is 0 Å². The van der Waals surface area contributed by atoms with Crippen molar-refractivity contribution in [2.45, 2.75) is 43.7 Å². The smallest absolute Gasteiger partial charge is 0.0146 e. The molecule has 1 rings (SSSR count). The maximum atomic E-state index is 6.17. The van der Waals surface area contributed by atoms with Gasteiger partial charge in [0.05, 0.1) is 0 Å². The largest absolute Gasteiger partial charge is 0.327 e. The van der Waals surface area contributed by atoms with Crippen molar-refractivity contribution in [1.29, 1.82) is 0 Å². The molecule has 1 atom stereocenters. The molecule has 0 aliphatic rings. The summed E-state index contributed by atoms with van der Waals surface area (Å²) < 4.78 is 0. The molecule has 1 aromatic rings. The molecule has 102 valence electrons. The summed E-state index contributed by atoms with van der Waals surface area (Å²) in [7, 11) is 2.16. The van der Waals surface area contributed by atoms with Gasteiger partial charge < -0.3 is 10.6 Å². The summed E-state index contributed by atoms with van der Waals surface area (Å²) in [5.41, 5.74) is 6.39. The number of benzene rings is 1. The van der Waals surface area contributed by atoms with Crippen molar-refractivity contribution in [2.75, 3.05) is 19.3 Å². The predicted molar refractivity (Wildman–Crippen MR) is 82.1 cm³/mol. The van der Waals surface area contributed by atoms with E-state index in [9.17, 15) is 0 Å². The van der Waals surface area contributed by atoms with Gasteiger partial charge in [-0.1, -0.05) is 18.2 Å². The molecule has 0 saturated carbocycles. The second-order valence-electron chi connectivity index (χ2n) is 5.77. The lowest BCUT2D eigenvalue weighted by Gasteiger charge is -2.32. The summed E-state index contributed by atoms with van der Waals surface area (Å²) in [6.07, 6.45) is 1.05. The zero-order valence-corrected chi connectivity index (χ0v) is 12.8. The molecule has 0 aromatic heterocycles. The highest BCUT2D eigenvalue weighted by atomic mass is 32.2. The first kappa shape index (κ1) is 15.5. The molecule has 1 aromatic carbocycles. The lowest BCUT2D eigenvalue weighted by molar-refractivity contribution is 0.171. The van der Waals surface area contributed by atoms with Crippen LogP contribution in [0.15, 0.2) is 35.2 Å². The third-order valence-electron chi connectivity index (χ3n) is 3.19. The van der Waals surface area contributed by atoms with Crippen molar-refractivity contribution >= 4 is 11.8 Å². The van der Waals surface area contributed by atoms with Crippen LogP contribution in [-0.4, -0.2) is 35.8 Å². The fourth-order valence-corrected chi connectivity index (χ4v) is 2.42. The van der Waals surface area contributed by atoms with Crippen LogP contribution in [0.25, 0.3) is 0 Å². The standard InChI is InChI=1S/C15H26N2S/c1-15(2,3)17(4)11-10-13(16)12-18-14-8-6-5-7-9-14/h5-9,13H,10-12,16H2,1-4H3/t13-/m1/s1. The van der Waals surface area contributed by atoms with E-state index in [1.165, 1.54) is 4.90 Å². The Hall–Kier alpha value is -0.510. The van der Waals surface area contributed by atoms with Crippen molar-refractivity contribution < 1.29 is 0 Å². The Balaban J connectivity index is 2.24. The molecule has 0 aliphatic heterocycles. The van der Waals surface area contributed by atoms with Crippen LogP contribution >= 0.6 is 11.8 Å². The highest BCUT2D eigenvalue weighted by molar-refractivity contribution is 7.99. The van der Waals surface area contributed by atoms with Crippen LogP contribution in [-0.2, 0) is 0 Å². The van der Waals surface area contributed by atoms with Gasteiger partial charge in [0.25, 0.3) is 0 Å². The Morgan fingerprint density at radius 3 is 2.39 bits per heavy atom. The van der Waals surface area contributed by atoms with E-state index < -0.39 is 0 Å². The van der Waals surface area contributed by atoms with E-state index in [4.69, 9.17) is 5.73 Å². The van der Waals surface area contributed by atoms with Crippen LogP contribution in [0.1, 0.15) is 27.2 Å². The molecule has 0 fully saturated rings. The summed E-state index contributed by atoms with van der Waals surface area (Å²) in [4.78, 5) is 3.66. The monoisotopic (exact) mass is 266 g/mol. The average Bonchev–Trinajstić information content (AvgIpc) is 2.33. The van der Waals surface area contributed by atoms with Crippen molar-refractivity contribution in [1.82, 2.24) is 4.90 Å². The van der Waals surface area contributed by atoms with Crippen LogP contribution in [0.5, 0.6) is 0 Å². The minimum atomic E-state index is 0.228. The molecular formula is C15H26N2S. The molecule has 0 spiro atoms. The number of hydrogen-bond acceptors (Lipinski definition) is 3. The molecule has 2 N–H and O–H groups in total. The van der Waals surface area contributed by atoms with E-state index in [-0.39, 0.29) is 11.6 Å². The van der Waals surface area contributed by atoms with Gasteiger partial charge in [-0.05, 0) is 52.9 Å². The third-order valence-corrected chi connectivity index (χ3v) is 4.39. The van der Waals surface area contributed by atoms with Crippen molar-refractivity contribution in [2.24, 2.45) is 5.73 Å². The zero-order chi connectivity index (χ0) is 13.6. The van der Waals surface area contributed by atoms with Gasteiger partial charge in [0.2, 0.25) is 0 Å². The van der Waals surface area contributed by atoms with Gasteiger partial charge in [-0.25, -0.2) is 0 Å². The molecular weight excluding hydrogens is 240 g/mol. The fourth-order valence-electron chi connectivity index (χ4n) is 1.50. The summed E-state index contributed by atoms with van der Waals surface area (Å²) in [5, 5.41) is 0. The zero-order valence-electron chi connectivity index (χ0n) is 12.0. The second kappa shape index (κ2) is 7.17. The van der Waals surface area contributed by atoms with E-state index in [0.717, 1.165) is 18.7 Å². The molecule has 0 radical (unpaired) electrons. The van der Waals surface area contributed by atoms with Gasteiger partial charge >= 0.3 is 0 Å². The van der Waals surface area contributed by atoms with E-state index in [1.54, 1.807) is 0 Å². The van der Waals surface area contributed by atoms with E-state index >= 15 is 0 Å². The van der Waals surface area contributed by atoms with Gasteiger partial charge in [0.15, 0.2) is 0 Å². The molecule has 3 heteroatoms. The lowest BCUT2D eigenvalue weighted by Crippen LogP contribution is -2.40. The van der Waals surface area contributed by atoms with Crippen molar-refractivity contribution in [3.8, 4) is 0 Å². The molecule has 0 aliphatic carbocycles. The molecule has 2 nitrogen and oxygen atoms in total. The minimum Gasteiger partial charge on any atom is -0.327 e. The SMILES string of the molecule is CN(CC[C@@H](N)CSc1ccccc1)C(C)(C)C. The Kier molecular flexibility index (Phi) is 6.19. The van der Waals surface area contributed by atoms with E-state index in [0.29, 0.717) is 0 Å². The topological polar surface area (TPSA) is 29.3 Å². The molecule has 0 amide bonds. The van der Waals surface area contributed by atoms with E-state index in [1.807, 2.05) is 17.8 Å². The van der Waals surface area contributed by atoms with Gasteiger partial charge in [-0.15, -0.1) is 11.8 Å². The quantitative estimate of drug-likeness (QED) is 0.802. The Morgan fingerprint density at radius 1 is 1.22 bits per heavy atom. The van der Waals surface area contributed by atoms with Crippen LogP contribution < -0.4 is 5.73 Å². The van der Waals surface area contributed by atoms with Crippen LogP contribution in [0, 0.1) is 0 Å². The Morgan fingerprint density at radius 2 is 1.83 bits per heavy atom. The molecule has 18 heavy (non-hydrogen) atoms. The second-order valence-corrected chi connectivity index (χ2v) is 6.86. The minimum absolute atomic E-state index is 0.228. The van der Waals surface area contributed by atoms with Gasteiger partial charge in [-0.3, -0.25) is 0 Å².